The minimum absolute atomic E-state index is 0.766. The normalized spacial score (nSPS) is 35.5. The molecular formula is C21H43N3. The van der Waals surface area contributed by atoms with Gasteiger partial charge in [-0.15, -0.1) is 0 Å². The molecule has 0 amide bonds. The Morgan fingerprint density at radius 2 is 1.62 bits per heavy atom. The predicted molar refractivity (Wildman–Crippen MR) is 106 cm³/mol. The van der Waals surface area contributed by atoms with Gasteiger partial charge in [-0.3, -0.25) is 4.90 Å². The topological polar surface area (TPSA) is 27.3 Å². The zero-order chi connectivity index (χ0) is 17.4. The number of piperidine rings is 1. The van der Waals surface area contributed by atoms with E-state index in [9.17, 15) is 0 Å². The van der Waals surface area contributed by atoms with Crippen molar-refractivity contribution in [1.82, 2.24) is 15.5 Å². The smallest absolute Gasteiger partial charge is 0.00957 e. The van der Waals surface area contributed by atoms with Crippen LogP contribution in [0.15, 0.2) is 0 Å². The van der Waals surface area contributed by atoms with E-state index in [1.807, 2.05) is 13.8 Å². The second-order valence-corrected chi connectivity index (χ2v) is 8.21. The summed E-state index contributed by atoms with van der Waals surface area (Å²) in [7, 11) is 0. The van der Waals surface area contributed by atoms with E-state index in [2.05, 4.69) is 29.4 Å². The van der Waals surface area contributed by atoms with Crippen LogP contribution in [0.2, 0.25) is 0 Å². The van der Waals surface area contributed by atoms with Crippen molar-refractivity contribution < 1.29 is 0 Å². The van der Waals surface area contributed by atoms with Crippen LogP contribution < -0.4 is 10.6 Å². The summed E-state index contributed by atoms with van der Waals surface area (Å²) in [5.41, 5.74) is 0. The van der Waals surface area contributed by atoms with Crippen LogP contribution in [0.25, 0.3) is 0 Å². The minimum Gasteiger partial charge on any atom is -0.317 e. The third-order valence-corrected chi connectivity index (χ3v) is 6.71. The maximum atomic E-state index is 3.87. The minimum atomic E-state index is 0.766. The quantitative estimate of drug-likeness (QED) is 0.797. The van der Waals surface area contributed by atoms with Gasteiger partial charge in [0.25, 0.3) is 0 Å². The highest BCUT2D eigenvalue weighted by Gasteiger charge is 2.35. The molecule has 0 aromatic carbocycles. The Morgan fingerprint density at radius 1 is 0.958 bits per heavy atom. The first-order valence-corrected chi connectivity index (χ1v) is 10.9. The largest absolute Gasteiger partial charge is 0.317 e. The summed E-state index contributed by atoms with van der Waals surface area (Å²) in [6.45, 7) is 15.2. The third-order valence-electron chi connectivity index (χ3n) is 6.71. The first-order chi connectivity index (χ1) is 11.8. The summed E-state index contributed by atoms with van der Waals surface area (Å²) in [5, 5.41) is 7.33. The number of nitrogens with one attached hydrogen (secondary N) is 2. The Balaban J connectivity index is 0.00000100. The van der Waals surface area contributed by atoms with Crippen LogP contribution in [-0.4, -0.2) is 49.7 Å². The fourth-order valence-corrected chi connectivity index (χ4v) is 4.90. The van der Waals surface area contributed by atoms with Gasteiger partial charge < -0.3 is 10.6 Å². The first kappa shape index (κ1) is 20.2. The van der Waals surface area contributed by atoms with Crippen molar-refractivity contribution in [2.45, 2.75) is 84.7 Å². The highest BCUT2D eigenvalue weighted by Crippen LogP contribution is 2.33. The van der Waals surface area contributed by atoms with Crippen molar-refractivity contribution in [1.29, 1.82) is 0 Å². The van der Waals surface area contributed by atoms with Crippen LogP contribution in [0, 0.1) is 17.8 Å². The van der Waals surface area contributed by atoms with E-state index in [4.69, 9.17) is 0 Å². The number of likely N-dealkylation sites (tertiary alicyclic amines) is 1. The Bertz CT molecular complexity index is 319. The molecule has 0 bridgehead atoms. The summed E-state index contributed by atoms with van der Waals surface area (Å²) in [4.78, 5) is 2.84. The SMILES string of the molecule is CC.CCC1CCC(N2C[C@H](CNC3CCNCC3)[C@@H](C)C2)CC1. The van der Waals surface area contributed by atoms with Crippen molar-refractivity contribution in [3.05, 3.63) is 0 Å². The van der Waals surface area contributed by atoms with E-state index in [0.29, 0.717) is 0 Å². The number of rotatable bonds is 5. The van der Waals surface area contributed by atoms with Gasteiger partial charge in [0.05, 0.1) is 0 Å². The van der Waals surface area contributed by atoms with Crippen LogP contribution in [-0.2, 0) is 0 Å². The monoisotopic (exact) mass is 337 g/mol. The molecule has 3 aliphatic rings. The van der Waals surface area contributed by atoms with Gasteiger partial charge in [0, 0.05) is 25.2 Å². The summed E-state index contributed by atoms with van der Waals surface area (Å²) >= 11 is 0. The molecule has 0 aromatic heterocycles. The average molecular weight is 338 g/mol. The first-order valence-electron chi connectivity index (χ1n) is 10.9. The third kappa shape index (κ3) is 5.71. The number of nitrogens with zero attached hydrogens (tertiary/aromatic N) is 1. The molecule has 24 heavy (non-hydrogen) atoms. The fourth-order valence-electron chi connectivity index (χ4n) is 4.90. The van der Waals surface area contributed by atoms with E-state index in [-0.39, 0.29) is 0 Å². The molecule has 2 saturated heterocycles. The summed E-state index contributed by atoms with van der Waals surface area (Å²) in [6, 6.07) is 1.66. The molecule has 3 rings (SSSR count). The van der Waals surface area contributed by atoms with Crippen LogP contribution in [0.1, 0.15) is 72.6 Å². The predicted octanol–water partition coefficient (Wildman–Crippen LogP) is 3.89. The summed E-state index contributed by atoms with van der Waals surface area (Å²) in [5.74, 6) is 2.77. The zero-order valence-corrected chi connectivity index (χ0v) is 16.8. The Hall–Kier alpha value is -0.120. The molecule has 2 heterocycles. The van der Waals surface area contributed by atoms with E-state index < -0.39 is 0 Å². The van der Waals surface area contributed by atoms with Crippen molar-refractivity contribution in [2.24, 2.45) is 17.8 Å². The number of hydrogen-bond acceptors (Lipinski definition) is 3. The van der Waals surface area contributed by atoms with Gasteiger partial charge in [0.2, 0.25) is 0 Å². The van der Waals surface area contributed by atoms with Gasteiger partial charge in [-0.2, -0.15) is 0 Å². The number of hydrogen-bond donors (Lipinski definition) is 2. The second-order valence-electron chi connectivity index (χ2n) is 8.21. The zero-order valence-electron chi connectivity index (χ0n) is 16.8. The van der Waals surface area contributed by atoms with Crippen LogP contribution in [0.4, 0.5) is 0 Å². The lowest BCUT2D eigenvalue weighted by Gasteiger charge is -2.34. The molecule has 2 N–H and O–H groups in total. The second kappa shape index (κ2) is 10.8. The molecular weight excluding hydrogens is 294 g/mol. The maximum Gasteiger partial charge on any atom is 0.00957 e. The van der Waals surface area contributed by atoms with Crippen molar-refractivity contribution in [2.75, 3.05) is 32.7 Å². The fraction of sp³-hybridized carbons (Fsp3) is 1.00. The highest BCUT2D eigenvalue weighted by molar-refractivity contribution is 4.89. The highest BCUT2D eigenvalue weighted by atomic mass is 15.2. The lowest BCUT2D eigenvalue weighted by Crippen LogP contribution is -2.43. The van der Waals surface area contributed by atoms with Crippen LogP contribution in [0.3, 0.4) is 0 Å². The van der Waals surface area contributed by atoms with Gasteiger partial charge >= 0.3 is 0 Å². The molecule has 142 valence electrons. The van der Waals surface area contributed by atoms with Crippen LogP contribution in [0.5, 0.6) is 0 Å². The molecule has 0 radical (unpaired) electrons. The van der Waals surface area contributed by atoms with Crippen LogP contribution >= 0.6 is 0 Å². The van der Waals surface area contributed by atoms with Crippen molar-refractivity contribution in [3.8, 4) is 0 Å². The van der Waals surface area contributed by atoms with E-state index in [1.165, 1.54) is 77.7 Å². The van der Waals surface area contributed by atoms with E-state index >= 15 is 0 Å². The van der Waals surface area contributed by atoms with Gasteiger partial charge in [-0.05, 0) is 75.9 Å². The van der Waals surface area contributed by atoms with Gasteiger partial charge in [0.15, 0.2) is 0 Å². The molecule has 0 spiro atoms. The summed E-state index contributed by atoms with van der Waals surface area (Å²) in [6.07, 6.45) is 9.89. The summed E-state index contributed by atoms with van der Waals surface area (Å²) < 4.78 is 0. The average Bonchev–Trinajstić information content (AvgIpc) is 3.03. The molecule has 0 aromatic rings. The lowest BCUT2D eigenvalue weighted by molar-refractivity contribution is 0.156. The molecule has 1 aliphatic carbocycles. The van der Waals surface area contributed by atoms with Crippen molar-refractivity contribution >= 4 is 0 Å². The standard InChI is InChI=1S/C19H37N3.C2H6/c1-3-16-4-6-19(7-5-16)22-13-15(2)17(14-22)12-21-18-8-10-20-11-9-18;1-2/h15-21H,3-14H2,1-2H3;1-2H3/t15-,16?,17-,19?;/m0./s1. The Kier molecular flexibility index (Phi) is 9.07. The molecule has 1 saturated carbocycles. The molecule has 3 heteroatoms. The van der Waals surface area contributed by atoms with Gasteiger partial charge in [-0.1, -0.05) is 34.1 Å². The molecule has 3 nitrogen and oxygen atoms in total. The van der Waals surface area contributed by atoms with Crippen molar-refractivity contribution in [3.63, 3.8) is 0 Å². The molecule has 2 atom stereocenters. The lowest BCUT2D eigenvalue weighted by atomic mass is 9.84. The van der Waals surface area contributed by atoms with Gasteiger partial charge in [0.1, 0.15) is 0 Å². The molecule has 2 aliphatic heterocycles. The van der Waals surface area contributed by atoms with E-state index in [0.717, 1.165) is 29.8 Å². The Morgan fingerprint density at radius 3 is 2.25 bits per heavy atom. The Labute approximate surface area is 151 Å². The maximum absolute atomic E-state index is 3.87. The molecule has 3 fully saturated rings. The molecule has 0 unspecified atom stereocenters. The van der Waals surface area contributed by atoms with Gasteiger partial charge in [-0.25, -0.2) is 0 Å². The van der Waals surface area contributed by atoms with E-state index in [1.54, 1.807) is 0 Å².